The molecule has 0 heterocycles. The summed E-state index contributed by atoms with van der Waals surface area (Å²) >= 11 is 3.39. The van der Waals surface area contributed by atoms with Gasteiger partial charge in [-0.15, -0.1) is 11.8 Å². The lowest BCUT2D eigenvalue weighted by atomic mass is 10.1. The summed E-state index contributed by atoms with van der Waals surface area (Å²) in [5.74, 6) is 6.38. The van der Waals surface area contributed by atoms with E-state index < -0.39 is 0 Å². The second-order valence-corrected chi connectivity index (χ2v) is 4.44. The molecule has 0 rings (SSSR count). The molecule has 16 heavy (non-hydrogen) atoms. The number of unbranched alkanes of at least 4 members (excludes halogenated alkanes) is 4. The van der Waals surface area contributed by atoms with Crippen molar-refractivity contribution in [1.82, 2.24) is 0 Å². The molecule has 0 aliphatic carbocycles. The van der Waals surface area contributed by atoms with E-state index in [9.17, 15) is 0 Å². The van der Waals surface area contributed by atoms with Gasteiger partial charge in [-0.3, -0.25) is 0 Å². The average Bonchev–Trinajstić information content (AvgIpc) is 2.32. The zero-order valence-corrected chi connectivity index (χ0v) is 12.0. The second kappa shape index (κ2) is 13.0. The van der Waals surface area contributed by atoms with E-state index >= 15 is 0 Å². The van der Waals surface area contributed by atoms with Crippen LogP contribution in [0.2, 0.25) is 0 Å². The van der Waals surface area contributed by atoms with Crippen LogP contribution in [0.5, 0.6) is 0 Å². The monoisotopic (exact) mass is 290 g/mol. The Morgan fingerprint density at radius 2 is 1.56 bits per heavy atom. The van der Waals surface area contributed by atoms with E-state index in [2.05, 4.69) is 27.8 Å². The molecule has 3 heteroatoms. The molecule has 0 aromatic heterocycles. The Labute approximate surface area is 108 Å². The van der Waals surface area contributed by atoms with Crippen molar-refractivity contribution in [3.05, 3.63) is 0 Å². The van der Waals surface area contributed by atoms with Crippen LogP contribution in [-0.4, -0.2) is 25.8 Å². The van der Waals surface area contributed by atoms with Crippen molar-refractivity contribution in [2.45, 2.75) is 51.2 Å². The van der Waals surface area contributed by atoms with E-state index in [1.807, 2.05) is 0 Å². The molecule has 0 amide bonds. The summed E-state index contributed by atoms with van der Waals surface area (Å²) in [6.45, 7) is 0. The van der Waals surface area contributed by atoms with Crippen molar-refractivity contribution in [3.63, 3.8) is 0 Å². The van der Waals surface area contributed by atoms with Gasteiger partial charge in [0.1, 0.15) is 0 Å². The van der Waals surface area contributed by atoms with Crippen molar-refractivity contribution in [2.24, 2.45) is 0 Å². The molecule has 0 bridgehead atoms. The maximum Gasteiger partial charge on any atom is 0.156 e. The van der Waals surface area contributed by atoms with Crippen LogP contribution in [0.3, 0.4) is 0 Å². The highest BCUT2D eigenvalue weighted by atomic mass is 79.9. The van der Waals surface area contributed by atoms with Crippen LogP contribution in [0.15, 0.2) is 0 Å². The Bertz CT molecular complexity index is 192. The molecule has 0 aromatic carbocycles. The first-order valence-corrected chi connectivity index (χ1v) is 7.04. The third-order valence-corrected chi connectivity index (χ3v) is 2.89. The third-order valence-electron chi connectivity index (χ3n) is 2.33. The molecule has 0 radical (unpaired) electrons. The number of ether oxygens (including phenoxy) is 2. The smallest absolute Gasteiger partial charge is 0.156 e. The summed E-state index contributed by atoms with van der Waals surface area (Å²) in [5, 5.41) is 1.05. The minimum absolute atomic E-state index is 0.0370. The fourth-order valence-corrected chi connectivity index (χ4v) is 1.65. The highest BCUT2D eigenvalue weighted by Crippen LogP contribution is 2.07. The first kappa shape index (κ1) is 16.0. The predicted octanol–water partition coefficient (Wildman–Crippen LogP) is 3.73. The number of rotatable bonds is 9. The van der Waals surface area contributed by atoms with E-state index in [1.165, 1.54) is 12.8 Å². The minimum Gasteiger partial charge on any atom is -0.356 e. The van der Waals surface area contributed by atoms with Crippen LogP contribution in [-0.2, 0) is 9.47 Å². The van der Waals surface area contributed by atoms with Gasteiger partial charge in [-0.25, -0.2) is 0 Å². The van der Waals surface area contributed by atoms with Crippen molar-refractivity contribution < 1.29 is 9.47 Å². The van der Waals surface area contributed by atoms with E-state index in [4.69, 9.17) is 9.47 Å². The summed E-state index contributed by atoms with van der Waals surface area (Å²) in [4.78, 5) is 0. The fourth-order valence-electron chi connectivity index (χ4n) is 1.37. The molecular weight excluding hydrogens is 268 g/mol. The highest BCUT2D eigenvalue weighted by Gasteiger charge is 2.02. The maximum atomic E-state index is 5.12. The van der Waals surface area contributed by atoms with Crippen LogP contribution >= 0.6 is 15.9 Å². The quantitative estimate of drug-likeness (QED) is 0.279. The standard InChI is InChI=1S/C13H23BrO2/c1-15-13(16-2)11-9-7-5-3-4-6-8-10-12-14/h13H,3,5,7-12H2,1-2H3. The summed E-state index contributed by atoms with van der Waals surface area (Å²) < 4.78 is 10.2. The lowest BCUT2D eigenvalue weighted by molar-refractivity contribution is -0.107. The summed E-state index contributed by atoms with van der Waals surface area (Å²) in [5.41, 5.74) is 0. The van der Waals surface area contributed by atoms with Gasteiger partial charge >= 0.3 is 0 Å². The molecule has 0 fully saturated rings. The van der Waals surface area contributed by atoms with Crippen LogP contribution in [0, 0.1) is 11.8 Å². The highest BCUT2D eigenvalue weighted by molar-refractivity contribution is 9.09. The van der Waals surface area contributed by atoms with Gasteiger partial charge in [0.05, 0.1) is 0 Å². The molecule has 94 valence electrons. The molecule has 0 saturated heterocycles. The molecular formula is C13H23BrO2. The van der Waals surface area contributed by atoms with E-state index in [-0.39, 0.29) is 6.29 Å². The van der Waals surface area contributed by atoms with E-state index in [0.29, 0.717) is 0 Å². The van der Waals surface area contributed by atoms with Gasteiger partial charge in [0.15, 0.2) is 6.29 Å². The van der Waals surface area contributed by atoms with Crippen LogP contribution in [0.1, 0.15) is 44.9 Å². The first-order chi connectivity index (χ1) is 7.85. The fraction of sp³-hybridized carbons (Fsp3) is 0.846. The van der Waals surface area contributed by atoms with Crippen LogP contribution in [0.25, 0.3) is 0 Å². The average molecular weight is 291 g/mol. The normalized spacial score (nSPS) is 10.2. The van der Waals surface area contributed by atoms with Crippen molar-refractivity contribution in [2.75, 3.05) is 19.5 Å². The molecule has 0 aliphatic rings. The van der Waals surface area contributed by atoms with Gasteiger partial charge < -0.3 is 9.47 Å². The van der Waals surface area contributed by atoms with Gasteiger partial charge in [-0.05, 0) is 25.7 Å². The number of alkyl halides is 1. The lowest BCUT2D eigenvalue weighted by Gasteiger charge is -2.12. The zero-order valence-electron chi connectivity index (χ0n) is 10.4. The Hall–Kier alpha value is -0.0400. The first-order valence-electron chi connectivity index (χ1n) is 5.92. The maximum absolute atomic E-state index is 5.12. The van der Waals surface area contributed by atoms with E-state index in [1.54, 1.807) is 14.2 Å². The number of hydrogen-bond donors (Lipinski definition) is 0. The summed E-state index contributed by atoms with van der Waals surface area (Å²) in [7, 11) is 3.37. The van der Waals surface area contributed by atoms with Crippen molar-refractivity contribution in [1.29, 1.82) is 0 Å². The van der Waals surface area contributed by atoms with Crippen molar-refractivity contribution in [3.8, 4) is 11.8 Å². The minimum atomic E-state index is -0.0370. The molecule has 0 saturated carbocycles. The largest absolute Gasteiger partial charge is 0.356 e. The molecule has 0 atom stereocenters. The van der Waals surface area contributed by atoms with Gasteiger partial charge in [0.25, 0.3) is 0 Å². The molecule has 0 N–H and O–H groups in total. The lowest BCUT2D eigenvalue weighted by Crippen LogP contribution is -2.12. The van der Waals surface area contributed by atoms with Gasteiger partial charge in [-0.1, -0.05) is 22.4 Å². The Balaban J connectivity index is 3.22. The van der Waals surface area contributed by atoms with Crippen LogP contribution < -0.4 is 0 Å². The predicted molar refractivity (Wildman–Crippen MR) is 71.7 cm³/mol. The Morgan fingerprint density at radius 3 is 2.12 bits per heavy atom. The SMILES string of the molecule is COC(CCCCCC#CCCCBr)OC. The molecule has 0 aromatic rings. The summed E-state index contributed by atoms with van der Waals surface area (Å²) in [6, 6.07) is 0. The van der Waals surface area contributed by atoms with Gasteiger partial charge in [-0.2, -0.15) is 0 Å². The van der Waals surface area contributed by atoms with Crippen LogP contribution in [0.4, 0.5) is 0 Å². The molecule has 0 spiro atoms. The van der Waals surface area contributed by atoms with E-state index in [0.717, 1.165) is 37.4 Å². The Kier molecular flexibility index (Phi) is 13.0. The number of halogens is 1. The number of hydrogen-bond acceptors (Lipinski definition) is 2. The second-order valence-electron chi connectivity index (χ2n) is 3.65. The molecule has 2 nitrogen and oxygen atoms in total. The summed E-state index contributed by atoms with van der Waals surface area (Å²) in [6.07, 6.45) is 7.66. The van der Waals surface area contributed by atoms with Crippen molar-refractivity contribution >= 4 is 15.9 Å². The topological polar surface area (TPSA) is 18.5 Å². The number of methoxy groups -OCH3 is 2. The Morgan fingerprint density at radius 1 is 0.938 bits per heavy atom. The van der Waals surface area contributed by atoms with Gasteiger partial charge in [0.2, 0.25) is 0 Å². The van der Waals surface area contributed by atoms with Gasteiger partial charge in [0, 0.05) is 32.4 Å². The molecule has 0 aliphatic heterocycles. The zero-order chi connectivity index (χ0) is 12.1. The molecule has 0 unspecified atom stereocenters. The third kappa shape index (κ3) is 10.5.